The van der Waals surface area contributed by atoms with Gasteiger partial charge in [0.25, 0.3) is 0 Å². The second kappa shape index (κ2) is 5.64. The van der Waals surface area contributed by atoms with Crippen LogP contribution in [0.4, 0.5) is 13.2 Å². The summed E-state index contributed by atoms with van der Waals surface area (Å²) in [6, 6.07) is 0. The molecule has 0 atom stereocenters. The van der Waals surface area contributed by atoms with Gasteiger partial charge in [-0.1, -0.05) is 6.08 Å². The molecule has 0 unspecified atom stereocenters. The quantitative estimate of drug-likeness (QED) is 0.537. The Kier molecular flexibility index (Phi) is 5.22. The fourth-order valence-electron chi connectivity index (χ4n) is 0.773. The number of halogens is 3. The van der Waals surface area contributed by atoms with Gasteiger partial charge in [-0.3, -0.25) is 4.79 Å². The fraction of sp³-hybridized carbons (Fsp3) is 0.625. The van der Waals surface area contributed by atoms with Crippen molar-refractivity contribution in [1.82, 2.24) is 10.2 Å². The maximum atomic E-state index is 11.8. The summed E-state index contributed by atoms with van der Waals surface area (Å²) in [5, 5.41) is 2.62. The van der Waals surface area contributed by atoms with Gasteiger partial charge in [0.05, 0.1) is 6.54 Å². The van der Waals surface area contributed by atoms with Crippen LogP contribution < -0.4 is 5.32 Å². The van der Waals surface area contributed by atoms with E-state index in [1.165, 1.54) is 6.08 Å². The van der Waals surface area contributed by atoms with E-state index in [4.69, 9.17) is 0 Å². The maximum absolute atomic E-state index is 11.8. The Hall–Kier alpha value is -1.04. The van der Waals surface area contributed by atoms with Gasteiger partial charge in [-0.25, -0.2) is 0 Å². The van der Waals surface area contributed by atoms with Crippen molar-refractivity contribution in [3.05, 3.63) is 12.7 Å². The molecule has 0 rings (SSSR count). The average molecular weight is 210 g/mol. The fourth-order valence-corrected chi connectivity index (χ4v) is 0.773. The number of nitrogens with zero attached hydrogens (tertiary/aromatic N) is 1. The zero-order valence-corrected chi connectivity index (χ0v) is 7.90. The van der Waals surface area contributed by atoms with E-state index in [0.29, 0.717) is 11.4 Å². The lowest BCUT2D eigenvalue weighted by atomic mass is 10.4. The first-order valence-electron chi connectivity index (χ1n) is 3.99. The molecule has 0 aromatic heterocycles. The van der Waals surface area contributed by atoms with Crippen LogP contribution in [-0.2, 0) is 4.79 Å². The Morgan fingerprint density at radius 2 is 2.14 bits per heavy atom. The highest BCUT2D eigenvalue weighted by Gasteiger charge is 2.30. The van der Waals surface area contributed by atoms with Crippen molar-refractivity contribution in [2.24, 2.45) is 0 Å². The van der Waals surface area contributed by atoms with E-state index in [0.717, 1.165) is 7.05 Å². The first-order chi connectivity index (χ1) is 6.37. The van der Waals surface area contributed by atoms with Gasteiger partial charge in [0.15, 0.2) is 0 Å². The zero-order valence-electron chi connectivity index (χ0n) is 7.90. The van der Waals surface area contributed by atoms with Gasteiger partial charge in [0.2, 0.25) is 5.91 Å². The average Bonchev–Trinajstić information content (AvgIpc) is 2.01. The van der Waals surface area contributed by atoms with Crippen molar-refractivity contribution in [3.8, 4) is 0 Å². The number of amides is 1. The van der Waals surface area contributed by atoms with Gasteiger partial charge in [-0.15, -0.1) is 6.58 Å². The van der Waals surface area contributed by atoms with Crippen molar-refractivity contribution < 1.29 is 18.0 Å². The van der Waals surface area contributed by atoms with E-state index < -0.39 is 18.6 Å². The van der Waals surface area contributed by atoms with Crippen LogP contribution in [0.1, 0.15) is 0 Å². The van der Waals surface area contributed by atoms with Crippen molar-refractivity contribution in [2.75, 3.05) is 26.7 Å². The molecule has 0 aliphatic carbocycles. The van der Waals surface area contributed by atoms with Crippen LogP contribution in [0.2, 0.25) is 0 Å². The Morgan fingerprint density at radius 1 is 1.57 bits per heavy atom. The summed E-state index contributed by atoms with van der Waals surface area (Å²) in [5.74, 6) is -0.593. The molecular formula is C8H13F3N2O. The van der Waals surface area contributed by atoms with Crippen molar-refractivity contribution in [1.29, 1.82) is 0 Å². The molecule has 1 N–H and O–H groups in total. The number of carbonyl (C=O) groups is 1. The van der Waals surface area contributed by atoms with Crippen LogP contribution in [0.15, 0.2) is 12.7 Å². The number of hydrogen-bond donors (Lipinski definition) is 1. The Bertz CT molecular complexity index is 203. The largest absolute Gasteiger partial charge is 0.406 e. The molecule has 1 amide bonds. The third kappa shape index (κ3) is 6.47. The predicted molar refractivity (Wildman–Crippen MR) is 46.8 cm³/mol. The van der Waals surface area contributed by atoms with Crippen LogP contribution >= 0.6 is 0 Å². The summed E-state index contributed by atoms with van der Waals surface area (Å²) in [6.45, 7) is 2.46. The Labute approximate surface area is 80.6 Å². The van der Waals surface area contributed by atoms with E-state index in [1.54, 1.807) is 0 Å². The van der Waals surface area contributed by atoms with Crippen molar-refractivity contribution in [3.63, 3.8) is 0 Å². The maximum Gasteiger partial charge on any atom is 0.406 e. The van der Waals surface area contributed by atoms with Crippen LogP contribution in [0.3, 0.4) is 0 Å². The van der Waals surface area contributed by atoms with Crippen LogP contribution in [0.25, 0.3) is 0 Å². The lowest BCUT2D eigenvalue weighted by Gasteiger charge is -2.18. The normalized spacial score (nSPS) is 11.1. The molecule has 6 heteroatoms. The molecule has 0 saturated carbocycles. The first kappa shape index (κ1) is 13.0. The monoisotopic (exact) mass is 210 g/mol. The second-order valence-electron chi connectivity index (χ2n) is 2.78. The minimum atomic E-state index is -4.34. The van der Waals surface area contributed by atoms with E-state index >= 15 is 0 Å². The molecule has 82 valence electrons. The Morgan fingerprint density at radius 3 is 2.57 bits per heavy atom. The van der Waals surface area contributed by atoms with E-state index in [-0.39, 0.29) is 6.54 Å². The van der Waals surface area contributed by atoms with Crippen molar-refractivity contribution in [2.45, 2.75) is 6.18 Å². The summed E-state index contributed by atoms with van der Waals surface area (Å²) in [7, 11) is 1.12. The van der Waals surface area contributed by atoms with Gasteiger partial charge in [-0.05, 0) is 0 Å². The molecule has 0 aliphatic heterocycles. The predicted octanol–water partition coefficient (Wildman–Crippen LogP) is 0.783. The molecule has 0 aromatic rings. The summed E-state index contributed by atoms with van der Waals surface area (Å²) in [5.41, 5.74) is 0. The Balaban J connectivity index is 3.82. The number of carbonyl (C=O) groups excluding carboxylic acids is 1. The summed E-state index contributed by atoms with van der Waals surface area (Å²) in [6.07, 6.45) is -2.82. The molecule has 0 fully saturated rings. The minimum Gasteiger partial charge on any atom is -0.336 e. The minimum absolute atomic E-state index is 0.113. The lowest BCUT2D eigenvalue weighted by Crippen LogP contribution is -2.40. The highest BCUT2D eigenvalue weighted by molar-refractivity contribution is 5.78. The van der Waals surface area contributed by atoms with Crippen molar-refractivity contribution >= 4 is 5.91 Å². The summed E-state index contributed by atoms with van der Waals surface area (Å²) < 4.78 is 35.5. The molecule has 0 aliphatic rings. The molecule has 0 bridgehead atoms. The third-order valence-electron chi connectivity index (χ3n) is 1.41. The van der Waals surface area contributed by atoms with E-state index in [1.807, 2.05) is 0 Å². The van der Waals surface area contributed by atoms with Crippen LogP contribution in [0, 0.1) is 0 Å². The van der Waals surface area contributed by atoms with Gasteiger partial charge in [-0.2, -0.15) is 13.2 Å². The SMILES string of the molecule is C=CCNCC(=O)N(C)CC(F)(F)F. The summed E-state index contributed by atoms with van der Waals surface area (Å²) >= 11 is 0. The third-order valence-corrected chi connectivity index (χ3v) is 1.41. The first-order valence-corrected chi connectivity index (χ1v) is 3.99. The highest BCUT2D eigenvalue weighted by atomic mass is 19.4. The van der Waals surface area contributed by atoms with Crippen LogP contribution in [-0.4, -0.2) is 43.7 Å². The lowest BCUT2D eigenvalue weighted by molar-refractivity contribution is -0.157. The van der Waals surface area contributed by atoms with E-state index in [9.17, 15) is 18.0 Å². The highest BCUT2D eigenvalue weighted by Crippen LogP contribution is 2.15. The molecule has 3 nitrogen and oxygen atoms in total. The standard InChI is InChI=1S/C8H13F3N2O/c1-3-4-12-5-7(14)13(2)6-8(9,10)11/h3,12H,1,4-6H2,2H3. The molecule has 0 heterocycles. The van der Waals surface area contributed by atoms with Crippen LogP contribution in [0.5, 0.6) is 0 Å². The topological polar surface area (TPSA) is 32.3 Å². The molecule has 0 radical (unpaired) electrons. The van der Waals surface area contributed by atoms with E-state index in [2.05, 4.69) is 11.9 Å². The number of hydrogen-bond acceptors (Lipinski definition) is 2. The van der Waals surface area contributed by atoms with Gasteiger partial charge in [0.1, 0.15) is 6.54 Å². The number of nitrogens with one attached hydrogen (secondary N) is 1. The molecule has 14 heavy (non-hydrogen) atoms. The molecular weight excluding hydrogens is 197 g/mol. The smallest absolute Gasteiger partial charge is 0.336 e. The molecule has 0 saturated heterocycles. The van der Waals surface area contributed by atoms with Gasteiger partial charge >= 0.3 is 6.18 Å². The summed E-state index contributed by atoms with van der Waals surface area (Å²) in [4.78, 5) is 11.7. The number of rotatable bonds is 5. The molecule has 0 spiro atoms. The second-order valence-corrected chi connectivity index (χ2v) is 2.78. The number of alkyl halides is 3. The van der Waals surface area contributed by atoms with Gasteiger partial charge in [0, 0.05) is 13.6 Å². The number of likely N-dealkylation sites (N-methyl/N-ethyl adjacent to an activating group) is 1. The molecule has 0 aromatic carbocycles. The van der Waals surface area contributed by atoms with Gasteiger partial charge < -0.3 is 10.2 Å². The zero-order chi connectivity index (χ0) is 11.2.